The lowest BCUT2D eigenvalue weighted by molar-refractivity contribution is -0.144. The molecule has 2 aromatic rings. The van der Waals surface area contributed by atoms with E-state index in [0.717, 1.165) is 16.9 Å². The van der Waals surface area contributed by atoms with E-state index in [2.05, 4.69) is 0 Å². The Morgan fingerprint density at radius 1 is 0.895 bits per heavy atom. The second-order valence-corrected chi connectivity index (χ2v) is 8.95. The highest BCUT2D eigenvalue weighted by Crippen LogP contribution is 2.44. The summed E-state index contributed by atoms with van der Waals surface area (Å²) in [7, 11) is 0. The van der Waals surface area contributed by atoms with E-state index < -0.39 is 29.7 Å². The molecule has 1 aliphatic heterocycles. The molecule has 1 heterocycles. The van der Waals surface area contributed by atoms with Gasteiger partial charge in [0.05, 0.1) is 37.0 Å². The zero-order valence-corrected chi connectivity index (χ0v) is 22.2. The maximum Gasteiger partial charge on any atom is 0.338 e. The van der Waals surface area contributed by atoms with Crippen molar-refractivity contribution < 1.29 is 33.3 Å². The Labute approximate surface area is 222 Å². The van der Waals surface area contributed by atoms with E-state index in [-0.39, 0.29) is 26.4 Å². The van der Waals surface area contributed by atoms with Crippen LogP contribution in [0.15, 0.2) is 65.8 Å². The van der Waals surface area contributed by atoms with Gasteiger partial charge in [0.25, 0.3) is 0 Å². The number of hydrogen-bond donors (Lipinski definition) is 0. The highest BCUT2D eigenvalue weighted by Gasteiger charge is 2.37. The highest BCUT2D eigenvalue weighted by molar-refractivity contribution is 5.95. The number of carbonyl (C=O) groups is 3. The van der Waals surface area contributed by atoms with Crippen molar-refractivity contribution in [3.05, 3.63) is 76.9 Å². The predicted octanol–water partition coefficient (Wildman–Crippen LogP) is 4.93. The first-order chi connectivity index (χ1) is 18.4. The summed E-state index contributed by atoms with van der Waals surface area (Å²) >= 11 is 0. The largest absolute Gasteiger partial charge is 0.487 e. The van der Waals surface area contributed by atoms with E-state index in [9.17, 15) is 14.4 Å². The number of para-hydroxylation sites is 1. The van der Waals surface area contributed by atoms with Gasteiger partial charge in [-0.25, -0.2) is 9.59 Å². The number of benzene rings is 2. The fraction of sp³-hybridized carbons (Fsp3) is 0.367. The molecule has 0 saturated carbocycles. The average Bonchev–Trinajstić information content (AvgIpc) is 2.90. The standard InChI is InChI=1S/C30H33NO7/c1-5-35-28(32)20-15-21-18-38-26-14-13-23(29(33)36-6-2)19(4)27(26)31(22-11-9-8-10-12-22)17-25(21)24(16-20)30(34)37-7-3/h8-16,20,25H,5-7,17-18H2,1-4H3. The van der Waals surface area contributed by atoms with Crippen molar-refractivity contribution in [2.75, 3.05) is 37.9 Å². The molecule has 2 aliphatic rings. The second-order valence-electron chi connectivity index (χ2n) is 8.95. The Morgan fingerprint density at radius 2 is 1.58 bits per heavy atom. The molecular weight excluding hydrogens is 486 g/mol. The molecule has 38 heavy (non-hydrogen) atoms. The fourth-order valence-corrected chi connectivity index (χ4v) is 4.90. The summed E-state index contributed by atoms with van der Waals surface area (Å²) < 4.78 is 22.2. The molecule has 1 aliphatic carbocycles. The summed E-state index contributed by atoms with van der Waals surface area (Å²) in [6.07, 6.45) is 3.46. The lowest BCUT2D eigenvalue weighted by Gasteiger charge is -2.38. The van der Waals surface area contributed by atoms with Gasteiger partial charge in [-0.1, -0.05) is 30.4 Å². The minimum atomic E-state index is -0.721. The highest BCUT2D eigenvalue weighted by atomic mass is 16.5. The summed E-state index contributed by atoms with van der Waals surface area (Å²) in [5.41, 5.74) is 3.90. The SMILES string of the molecule is CCOC(=O)C1=CC(C(=O)OCC)C=C2COc3ccc(C(=O)OCC)c(C)c3N(c3ccccc3)CC21. The first kappa shape index (κ1) is 27.0. The monoisotopic (exact) mass is 519 g/mol. The van der Waals surface area contributed by atoms with Gasteiger partial charge in [-0.05, 0) is 63.1 Å². The Hall–Kier alpha value is -4.07. The number of rotatable bonds is 7. The summed E-state index contributed by atoms with van der Waals surface area (Å²) in [5, 5.41) is 0. The van der Waals surface area contributed by atoms with Gasteiger partial charge in [0.2, 0.25) is 0 Å². The number of fused-ring (bicyclic) bond motifs is 2. The summed E-state index contributed by atoms with van der Waals surface area (Å²) in [6, 6.07) is 13.2. The molecule has 0 fully saturated rings. The first-order valence-electron chi connectivity index (χ1n) is 12.9. The molecule has 200 valence electrons. The van der Waals surface area contributed by atoms with Crippen molar-refractivity contribution in [1.82, 2.24) is 0 Å². The normalized spacial score (nSPS) is 18.4. The molecule has 2 aromatic carbocycles. The average molecular weight is 520 g/mol. The van der Waals surface area contributed by atoms with Crippen molar-refractivity contribution in [2.24, 2.45) is 11.8 Å². The maximum atomic E-state index is 13.2. The van der Waals surface area contributed by atoms with E-state index in [1.54, 1.807) is 39.0 Å². The van der Waals surface area contributed by atoms with Gasteiger partial charge in [0.15, 0.2) is 0 Å². The third kappa shape index (κ3) is 5.44. The van der Waals surface area contributed by atoms with Gasteiger partial charge in [-0.3, -0.25) is 4.79 Å². The van der Waals surface area contributed by atoms with Crippen LogP contribution in [0, 0.1) is 18.8 Å². The van der Waals surface area contributed by atoms with Crippen molar-refractivity contribution in [1.29, 1.82) is 0 Å². The van der Waals surface area contributed by atoms with Crippen LogP contribution in [0.3, 0.4) is 0 Å². The topological polar surface area (TPSA) is 91.4 Å². The molecule has 0 N–H and O–H groups in total. The quantitative estimate of drug-likeness (QED) is 0.289. The van der Waals surface area contributed by atoms with Crippen LogP contribution in [-0.2, 0) is 23.8 Å². The van der Waals surface area contributed by atoms with Gasteiger partial charge < -0.3 is 23.8 Å². The minimum Gasteiger partial charge on any atom is -0.487 e. The third-order valence-electron chi connectivity index (χ3n) is 6.63. The van der Waals surface area contributed by atoms with Gasteiger partial charge >= 0.3 is 17.9 Å². The molecule has 0 spiro atoms. The Balaban J connectivity index is 1.87. The maximum absolute atomic E-state index is 13.2. The van der Waals surface area contributed by atoms with Crippen LogP contribution in [0.25, 0.3) is 0 Å². The molecule has 0 bridgehead atoms. The van der Waals surface area contributed by atoms with Crippen molar-refractivity contribution in [3.8, 4) is 5.75 Å². The van der Waals surface area contributed by atoms with Gasteiger partial charge in [0, 0.05) is 23.7 Å². The Kier molecular flexibility index (Phi) is 8.51. The van der Waals surface area contributed by atoms with Crippen LogP contribution in [0.1, 0.15) is 36.7 Å². The second kappa shape index (κ2) is 12.0. The van der Waals surface area contributed by atoms with Gasteiger partial charge in [-0.2, -0.15) is 0 Å². The number of esters is 3. The summed E-state index contributed by atoms with van der Waals surface area (Å²) in [5.74, 6) is -1.88. The summed E-state index contributed by atoms with van der Waals surface area (Å²) in [6.45, 7) is 8.34. The van der Waals surface area contributed by atoms with E-state index in [1.807, 2.05) is 48.2 Å². The van der Waals surface area contributed by atoms with E-state index in [0.29, 0.717) is 29.0 Å². The van der Waals surface area contributed by atoms with Gasteiger partial charge in [0.1, 0.15) is 12.4 Å². The Bertz CT molecular complexity index is 1260. The van der Waals surface area contributed by atoms with Crippen LogP contribution in [0.4, 0.5) is 11.4 Å². The van der Waals surface area contributed by atoms with E-state index >= 15 is 0 Å². The lowest BCUT2D eigenvalue weighted by Crippen LogP contribution is -2.37. The van der Waals surface area contributed by atoms with E-state index in [4.69, 9.17) is 18.9 Å². The lowest BCUT2D eigenvalue weighted by atomic mass is 9.81. The molecule has 0 saturated heterocycles. The molecule has 0 aromatic heterocycles. The van der Waals surface area contributed by atoms with Crippen LogP contribution >= 0.6 is 0 Å². The minimum absolute atomic E-state index is 0.158. The number of anilines is 2. The van der Waals surface area contributed by atoms with Crippen molar-refractivity contribution >= 4 is 29.3 Å². The molecule has 0 radical (unpaired) electrons. The fourth-order valence-electron chi connectivity index (χ4n) is 4.90. The number of hydrogen-bond acceptors (Lipinski definition) is 8. The van der Waals surface area contributed by atoms with Crippen LogP contribution in [-0.4, -0.2) is 50.9 Å². The number of carbonyl (C=O) groups excluding carboxylic acids is 3. The third-order valence-corrected chi connectivity index (χ3v) is 6.63. The molecular formula is C30H33NO7. The van der Waals surface area contributed by atoms with Gasteiger partial charge in [-0.15, -0.1) is 0 Å². The molecule has 2 atom stereocenters. The van der Waals surface area contributed by atoms with Crippen molar-refractivity contribution in [3.63, 3.8) is 0 Å². The van der Waals surface area contributed by atoms with E-state index in [1.165, 1.54) is 0 Å². The molecule has 8 nitrogen and oxygen atoms in total. The van der Waals surface area contributed by atoms with Crippen LogP contribution in [0.2, 0.25) is 0 Å². The zero-order chi connectivity index (χ0) is 27.2. The molecule has 0 amide bonds. The predicted molar refractivity (Wildman–Crippen MR) is 142 cm³/mol. The van der Waals surface area contributed by atoms with Crippen LogP contribution < -0.4 is 9.64 Å². The van der Waals surface area contributed by atoms with Crippen LogP contribution in [0.5, 0.6) is 5.75 Å². The Morgan fingerprint density at radius 3 is 2.26 bits per heavy atom. The number of nitrogens with zero attached hydrogens (tertiary/aromatic N) is 1. The van der Waals surface area contributed by atoms with Crippen molar-refractivity contribution in [2.45, 2.75) is 27.7 Å². The smallest absolute Gasteiger partial charge is 0.338 e. The zero-order valence-electron chi connectivity index (χ0n) is 22.2. The first-order valence-corrected chi connectivity index (χ1v) is 12.9. The number of ether oxygens (including phenoxy) is 4. The molecule has 4 rings (SSSR count). The summed E-state index contributed by atoms with van der Waals surface area (Å²) in [4.78, 5) is 40.6. The molecule has 8 heteroatoms. The molecule has 2 unspecified atom stereocenters.